The molecule has 5 atom stereocenters. The van der Waals surface area contributed by atoms with E-state index in [9.17, 15) is 77.3 Å². The number of esters is 2. The average Bonchev–Trinajstić information content (AvgIpc) is 1.62. The fourth-order valence-corrected chi connectivity index (χ4v) is 17.2. The molecule has 9 amide bonds. The van der Waals surface area contributed by atoms with E-state index in [2.05, 4.69) is 92.4 Å². The van der Waals surface area contributed by atoms with Crippen molar-refractivity contribution in [3.63, 3.8) is 0 Å². The van der Waals surface area contributed by atoms with Gasteiger partial charge < -0.3 is 98.3 Å². The number of nitrogens with one attached hydrogen (secondary N) is 9. The molecule has 1 aliphatic heterocycles. The highest BCUT2D eigenvalue weighted by Crippen LogP contribution is 2.46. The van der Waals surface area contributed by atoms with E-state index in [1.54, 1.807) is 24.3 Å². The molecule has 0 unspecified atom stereocenters. The van der Waals surface area contributed by atoms with Crippen LogP contribution in [-0.2, 0) is 84.8 Å². The molecule has 830 valence electrons. The minimum Gasteiger partial charge on any atom is -0.480 e. The van der Waals surface area contributed by atoms with Crippen LogP contribution in [0.4, 0.5) is 19.2 Å². The van der Waals surface area contributed by atoms with Crippen molar-refractivity contribution >= 4 is 83.8 Å². The predicted octanol–water partition coefficient (Wildman–Crippen LogP) is 20.8. The second kappa shape index (κ2) is 82.1. The van der Waals surface area contributed by atoms with Gasteiger partial charge >= 0.3 is 54.2 Å². The first kappa shape index (κ1) is 130. The smallest absolute Gasteiger partial charge is 0.408 e. The minimum absolute atomic E-state index is 0.0317. The van der Waals surface area contributed by atoms with Gasteiger partial charge in [0.25, 0.3) is 0 Å². The van der Waals surface area contributed by atoms with E-state index in [1.807, 2.05) is 128 Å². The van der Waals surface area contributed by atoms with Gasteiger partial charge in [0, 0.05) is 45.1 Å². The van der Waals surface area contributed by atoms with Crippen LogP contribution in [0.25, 0.3) is 22.3 Å². The fraction of sp³-hybridized carbons (Fsp3) is 0.573. The third-order valence-corrected chi connectivity index (χ3v) is 25.6. The highest BCUT2D eigenvalue weighted by molar-refractivity contribution is 5.98. The standard InChI is InChI=1S/C32H45N3O4.C31H42N2O5.C24H38N2O5.C16H32N2O3.C12H11NO5.C2H7N/c1-3-4-5-6-7-8-9-10-11-16-21-34-30(36)22-29(31(37)33-2)35-32(38)39-23-28-26-19-14-12-17-24(26)25-18-13-15-20-27(25)28;1-2-3-4-5-6-7-8-9-10-15-20-32-29(34)21-28(30(35)36)33-31(37)38-22-27-25-18-13-11-16-23(25)24-17-12-14-19-26(24)27;1-2-3-4-5-6-7-8-9-10-14-17-25-22(27)18-21(23(28)29)26-24(30)31-19-20-15-12-11-13-16-20;1-2-3-4-5-6-7-8-9-10-11-12-18-15(19)13-14(17)16(20)21;14-10-6-9(11(15)18-10)13-12(16)17-7-8-4-2-1-3-5-8;1-2-3/h12-15,17-20,28-29H,3-11,16,21-23H2,1-2H3,(H,33,37)(H,34,36)(H,35,38);11-14,16-19,27-28H,2-10,15,20-22H2,1H3,(H,32,34)(H,33,37)(H,35,36);11-13,15-16,21H,2-10,14,17-19H2,1H3,(H,25,27)(H,26,30)(H,28,29);14H,2-13,17H2,1H3,(H,18,19)(H,20,21);1-5,9H,6-7H2,(H,13,16);2-3H2,1H3/t29-;28-;21-;14-;9-;/m11000./s1. The summed E-state index contributed by atoms with van der Waals surface area (Å²) < 4.78 is 25.2. The summed E-state index contributed by atoms with van der Waals surface area (Å²) in [6, 6.07) is 44.6. The Morgan fingerprint density at radius 3 is 0.860 bits per heavy atom. The first-order valence-electron chi connectivity index (χ1n) is 55.1. The second-order valence-corrected chi connectivity index (χ2v) is 38.1. The predicted molar refractivity (Wildman–Crippen MR) is 584 cm³/mol. The third-order valence-electron chi connectivity index (χ3n) is 25.6. The van der Waals surface area contributed by atoms with Gasteiger partial charge in [-0.3, -0.25) is 33.6 Å². The van der Waals surface area contributed by atoms with E-state index in [-0.39, 0.29) is 82.2 Å². The maximum absolute atomic E-state index is 12.7. The molecule has 6 aromatic rings. The summed E-state index contributed by atoms with van der Waals surface area (Å²) in [4.78, 5) is 164. The molecule has 16 N–H and O–H groups in total. The maximum Gasteiger partial charge on any atom is 0.408 e. The summed E-state index contributed by atoms with van der Waals surface area (Å²) in [6.07, 6.45) is 44.7. The summed E-state index contributed by atoms with van der Waals surface area (Å²) in [5, 5.41) is 50.4. The molecule has 6 aromatic carbocycles. The van der Waals surface area contributed by atoms with Gasteiger partial charge in [0.1, 0.15) is 56.6 Å². The molecular formula is C117H175N11O22. The number of nitrogens with two attached hydrogens (primary N) is 2. The van der Waals surface area contributed by atoms with Crippen LogP contribution in [0.5, 0.6) is 0 Å². The Bertz CT molecular complexity index is 4760. The van der Waals surface area contributed by atoms with E-state index < -0.39 is 102 Å². The number of alkyl carbamates (subject to hydrolysis) is 4. The number of carbonyl (C=O) groups excluding carboxylic acids is 11. The zero-order valence-electron chi connectivity index (χ0n) is 90.0. The van der Waals surface area contributed by atoms with Crippen LogP contribution < -0.4 is 59.3 Å². The summed E-state index contributed by atoms with van der Waals surface area (Å²) in [7, 11) is 1.48. The minimum atomic E-state index is -1.35. The van der Waals surface area contributed by atoms with Crippen molar-refractivity contribution in [1.29, 1.82) is 0 Å². The lowest BCUT2D eigenvalue weighted by molar-refractivity contribution is -0.152. The number of aliphatic carboxylic acids is 3. The molecule has 0 saturated carbocycles. The lowest BCUT2D eigenvalue weighted by atomic mass is 9.98. The number of cyclic esters (lactones) is 2. The first-order chi connectivity index (χ1) is 72.7. The van der Waals surface area contributed by atoms with Crippen LogP contribution in [0.2, 0.25) is 0 Å². The molecule has 2 aliphatic carbocycles. The Balaban J connectivity index is 0.000000398. The van der Waals surface area contributed by atoms with E-state index in [4.69, 9.17) is 35.5 Å². The van der Waals surface area contributed by atoms with Crippen LogP contribution in [0, 0.1) is 0 Å². The van der Waals surface area contributed by atoms with Crippen molar-refractivity contribution in [2.45, 2.75) is 379 Å². The van der Waals surface area contributed by atoms with Gasteiger partial charge in [0.15, 0.2) is 0 Å². The second-order valence-electron chi connectivity index (χ2n) is 38.1. The third kappa shape index (κ3) is 57.8. The molecule has 0 aromatic heterocycles. The molecule has 1 saturated heterocycles. The van der Waals surface area contributed by atoms with Crippen molar-refractivity contribution in [2.24, 2.45) is 11.5 Å². The van der Waals surface area contributed by atoms with Gasteiger partial charge in [-0.05, 0) is 87.9 Å². The molecule has 9 rings (SSSR count). The van der Waals surface area contributed by atoms with Gasteiger partial charge in [-0.1, -0.05) is 423 Å². The van der Waals surface area contributed by atoms with Gasteiger partial charge in [0.2, 0.25) is 29.5 Å². The monoisotopic (exact) mass is 2090 g/mol. The Morgan fingerprint density at radius 1 is 0.333 bits per heavy atom. The normalized spacial score (nSPS) is 13.0. The quantitative estimate of drug-likeness (QED) is 0.00730. The molecule has 150 heavy (non-hydrogen) atoms. The van der Waals surface area contributed by atoms with Crippen molar-refractivity contribution in [3.8, 4) is 22.3 Å². The van der Waals surface area contributed by atoms with Gasteiger partial charge in [-0.2, -0.15) is 0 Å². The van der Waals surface area contributed by atoms with Crippen molar-refractivity contribution < 1.29 is 106 Å². The lowest BCUT2D eigenvalue weighted by Gasteiger charge is -2.19. The Kier molecular flexibility index (Phi) is 70.8. The van der Waals surface area contributed by atoms with Gasteiger partial charge in [-0.25, -0.2) is 33.6 Å². The summed E-state index contributed by atoms with van der Waals surface area (Å²) in [5.74, 6) is -7.05. The van der Waals surface area contributed by atoms with E-state index >= 15 is 0 Å². The Morgan fingerprint density at radius 2 is 0.587 bits per heavy atom. The zero-order chi connectivity index (χ0) is 109. The average molecular weight is 2090 g/mol. The van der Waals surface area contributed by atoms with Crippen molar-refractivity contribution in [2.75, 3.05) is 53.0 Å². The Hall–Kier alpha value is -12.8. The van der Waals surface area contributed by atoms with Crippen LogP contribution in [-0.4, -0.2) is 182 Å². The number of hydrogen-bond acceptors (Lipinski definition) is 21. The van der Waals surface area contributed by atoms with Crippen molar-refractivity contribution in [3.05, 3.63) is 191 Å². The molecule has 0 spiro atoms. The highest BCUT2D eigenvalue weighted by atomic mass is 16.6. The molecule has 0 bridgehead atoms. The van der Waals surface area contributed by atoms with E-state index in [1.165, 1.54) is 200 Å². The van der Waals surface area contributed by atoms with Gasteiger partial charge in [0.05, 0.1) is 32.1 Å². The lowest BCUT2D eigenvalue weighted by Crippen LogP contribution is -2.48. The van der Waals surface area contributed by atoms with Crippen LogP contribution in [0.15, 0.2) is 158 Å². The van der Waals surface area contributed by atoms with Crippen LogP contribution in [0.1, 0.15) is 369 Å². The van der Waals surface area contributed by atoms with E-state index in [0.717, 1.165) is 126 Å². The number of likely N-dealkylation sites (N-methyl/N-ethyl adjacent to an activating group) is 1. The molecular weight excluding hydrogens is 1910 g/mol. The molecule has 33 nitrogen and oxygen atoms in total. The summed E-state index contributed by atoms with van der Waals surface area (Å²) in [5.41, 5.74) is 20.6. The number of ether oxygens (including phenoxy) is 5. The SMILES string of the molecule is CCCCCCCCCCCCNC(=O)C[C@@H](NC(=O)OCC1c2ccccc2-c2ccccc21)C(=O)NC.CCCCCCCCCCCCNC(=O)C[C@@H](NC(=O)OCC1c2ccccc2-c2ccccc21)C(=O)O.CCCCCCCCCCCCNC(=O)C[C@H](N)C(=O)O.CCCCCCCCCCCCNC(=O)C[C@H](NC(=O)OCc1ccccc1)C(=O)O.CCN.O=C1C[C@H](NC(=O)OCc2ccccc2)C(=O)O1. The number of carboxylic acid groups (broad SMARTS) is 3. The maximum atomic E-state index is 12.7. The van der Waals surface area contributed by atoms with Crippen LogP contribution >= 0.6 is 0 Å². The number of hydrogen-bond donors (Lipinski definition) is 14. The number of benzene rings is 6. The largest absolute Gasteiger partial charge is 0.480 e. The van der Waals surface area contributed by atoms with Gasteiger partial charge in [-0.15, -0.1) is 0 Å². The summed E-state index contributed by atoms with van der Waals surface area (Å²) >= 11 is 0. The molecule has 0 radical (unpaired) electrons. The first-order valence-corrected chi connectivity index (χ1v) is 55.1. The number of unbranched alkanes of at least 4 members (excludes halogenated alkanes) is 36. The topological polar surface area (TPSA) is 506 Å². The molecule has 33 heteroatoms. The number of fused-ring (bicyclic) bond motifs is 6. The number of carboxylic acids is 3. The number of rotatable bonds is 68. The fourth-order valence-electron chi connectivity index (χ4n) is 17.2. The zero-order valence-corrected chi connectivity index (χ0v) is 90.0. The molecule has 1 heterocycles. The van der Waals surface area contributed by atoms with Crippen LogP contribution in [0.3, 0.4) is 0 Å². The number of carbonyl (C=O) groups is 14. The highest BCUT2D eigenvalue weighted by Gasteiger charge is 2.37. The summed E-state index contributed by atoms with van der Waals surface area (Å²) in [6.45, 7) is 14.1. The molecule has 1 fully saturated rings. The van der Waals surface area contributed by atoms with E-state index in [0.29, 0.717) is 26.2 Å². The van der Waals surface area contributed by atoms with Crippen molar-refractivity contribution in [1.82, 2.24) is 47.9 Å². The number of amides is 9. The Labute approximate surface area is 889 Å². The molecule has 3 aliphatic rings.